The van der Waals surface area contributed by atoms with Gasteiger partial charge in [-0.25, -0.2) is 4.57 Å². The molecule has 0 saturated carbocycles. The molecule has 1 atom stereocenters. The van der Waals surface area contributed by atoms with Crippen molar-refractivity contribution in [1.82, 2.24) is 4.34 Å². The van der Waals surface area contributed by atoms with Gasteiger partial charge in [0, 0.05) is 6.16 Å². The molecule has 0 amide bonds. The second kappa shape index (κ2) is 8.18. The van der Waals surface area contributed by atoms with Crippen LogP contribution in [0.4, 0.5) is 17.3 Å². The predicted octanol–water partition coefficient (Wildman–Crippen LogP) is 4.22. The largest absolute Gasteiger partial charge is 0.673 e. The first-order valence-corrected chi connectivity index (χ1v) is 9.67. The second-order valence-corrected chi connectivity index (χ2v) is 8.28. The number of halogens is 4. The third-order valence-corrected chi connectivity index (χ3v) is 6.44. The van der Waals surface area contributed by atoms with E-state index in [0.717, 1.165) is 18.3 Å². The Morgan fingerprint density at radius 2 is 1.64 bits per heavy atom. The lowest BCUT2D eigenvalue weighted by molar-refractivity contribution is -0.677. The highest BCUT2D eigenvalue weighted by molar-refractivity contribution is 7.76. The summed E-state index contributed by atoms with van der Waals surface area (Å²) in [6, 6.07) is 0. The summed E-state index contributed by atoms with van der Waals surface area (Å²) >= 11 is 0. The van der Waals surface area contributed by atoms with Gasteiger partial charge in [-0.3, -0.25) is 4.57 Å². The van der Waals surface area contributed by atoms with Gasteiger partial charge < -0.3 is 17.3 Å². The lowest BCUT2D eigenvalue weighted by atomic mass is 10.1. The molecule has 0 radical (unpaired) electrons. The Hall–Kier alpha value is -0.775. The zero-order valence-corrected chi connectivity index (χ0v) is 14.0. The van der Waals surface area contributed by atoms with Crippen LogP contribution in [0.5, 0.6) is 0 Å². The molecule has 3 nitrogen and oxygen atoms in total. The van der Waals surface area contributed by atoms with Crippen molar-refractivity contribution in [3.05, 3.63) is 12.4 Å². The number of hydrogen-bond acceptors (Lipinski definition) is 1. The van der Waals surface area contributed by atoms with Crippen molar-refractivity contribution in [1.29, 1.82) is 0 Å². The molecular weight excluding hydrogens is 318 g/mol. The molecule has 128 valence electrons. The third-order valence-electron chi connectivity index (χ3n) is 3.65. The van der Waals surface area contributed by atoms with Crippen molar-refractivity contribution in [2.24, 2.45) is 0 Å². The van der Waals surface area contributed by atoms with E-state index in [-0.39, 0.29) is 0 Å². The summed E-state index contributed by atoms with van der Waals surface area (Å²) in [6.45, 7) is 5.30. The summed E-state index contributed by atoms with van der Waals surface area (Å²) in [5, 5.41) is 0. The second-order valence-electron chi connectivity index (χ2n) is 5.42. The maximum atomic E-state index is 12.2. The molecule has 1 aromatic heterocycles. The van der Waals surface area contributed by atoms with Crippen molar-refractivity contribution in [2.75, 3.05) is 6.16 Å². The normalized spacial score (nSPS) is 19.4. The van der Waals surface area contributed by atoms with E-state index in [2.05, 4.69) is 17.7 Å². The summed E-state index contributed by atoms with van der Waals surface area (Å²) in [6.07, 6.45) is 12.7. The van der Waals surface area contributed by atoms with Gasteiger partial charge in [-0.15, -0.1) is 0 Å². The minimum absolute atomic E-state index is 0.777. The first-order valence-electron chi connectivity index (χ1n) is 7.82. The van der Waals surface area contributed by atoms with Crippen LogP contribution in [0.1, 0.15) is 52.4 Å². The molecule has 2 rings (SSSR count). The SMILES string of the molecule is CCCCCCCC[n+]1ccn2c1P2(=O)CC.F[B-](F)(F)F. The number of rotatable bonds is 8. The van der Waals surface area contributed by atoms with Crippen molar-refractivity contribution >= 4 is 20.1 Å². The van der Waals surface area contributed by atoms with Crippen molar-refractivity contribution in [3.8, 4) is 0 Å². The molecule has 1 aliphatic heterocycles. The van der Waals surface area contributed by atoms with Crippen LogP contribution in [0, 0.1) is 0 Å². The van der Waals surface area contributed by atoms with Crippen LogP contribution in [-0.4, -0.2) is 17.8 Å². The third kappa shape index (κ3) is 5.78. The van der Waals surface area contributed by atoms with Crippen LogP contribution in [-0.2, 0) is 11.1 Å². The van der Waals surface area contributed by atoms with Crippen LogP contribution in [0.25, 0.3) is 0 Å². The Balaban J connectivity index is 0.000000422. The summed E-state index contributed by atoms with van der Waals surface area (Å²) in [4.78, 5) is 0. The summed E-state index contributed by atoms with van der Waals surface area (Å²) in [5.41, 5.74) is 1.09. The molecule has 0 aliphatic carbocycles. The average Bonchev–Trinajstić information content (AvgIpc) is 2.80. The van der Waals surface area contributed by atoms with Crippen molar-refractivity contribution < 1.29 is 26.4 Å². The predicted molar refractivity (Wildman–Crippen MR) is 81.4 cm³/mol. The van der Waals surface area contributed by atoms with Gasteiger partial charge in [0.1, 0.15) is 12.4 Å². The van der Waals surface area contributed by atoms with Gasteiger partial charge in [0.25, 0.3) is 0 Å². The van der Waals surface area contributed by atoms with Crippen LogP contribution in [0.3, 0.4) is 0 Å². The molecule has 1 aliphatic rings. The molecule has 0 spiro atoms. The first kappa shape index (κ1) is 19.3. The number of aryl methyl sites for hydroxylation is 1. The molecule has 0 N–H and O–H groups in total. The van der Waals surface area contributed by atoms with E-state index >= 15 is 0 Å². The number of nitrogens with zero attached hydrogens (tertiary/aromatic N) is 2. The quantitative estimate of drug-likeness (QED) is 0.228. The molecule has 22 heavy (non-hydrogen) atoms. The Morgan fingerprint density at radius 1 is 1.09 bits per heavy atom. The van der Waals surface area contributed by atoms with E-state index in [4.69, 9.17) is 0 Å². The van der Waals surface area contributed by atoms with Crippen LogP contribution in [0.15, 0.2) is 12.4 Å². The fourth-order valence-corrected chi connectivity index (χ4v) is 4.87. The molecule has 0 bridgehead atoms. The van der Waals surface area contributed by atoms with E-state index in [1.54, 1.807) is 0 Å². The minimum Gasteiger partial charge on any atom is -0.418 e. The molecule has 0 aromatic carbocycles. The van der Waals surface area contributed by atoms with Gasteiger partial charge in [-0.1, -0.05) is 39.5 Å². The van der Waals surface area contributed by atoms with Crippen LogP contribution in [0.2, 0.25) is 0 Å². The Labute approximate surface area is 129 Å². The fourth-order valence-electron chi connectivity index (χ4n) is 2.49. The summed E-state index contributed by atoms with van der Waals surface area (Å²) < 4.78 is 55.4. The highest BCUT2D eigenvalue weighted by Gasteiger charge is 2.58. The van der Waals surface area contributed by atoms with Crippen LogP contribution < -0.4 is 10.1 Å². The number of imidazole rings is 1. The maximum absolute atomic E-state index is 12.2. The Kier molecular flexibility index (Phi) is 7.17. The summed E-state index contributed by atoms with van der Waals surface area (Å²) in [7, 11) is -8.04. The molecular formula is C13H24BF4N2OP. The number of aromatic nitrogens is 2. The van der Waals surface area contributed by atoms with E-state index < -0.39 is 14.5 Å². The highest BCUT2D eigenvalue weighted by atomic mass is 31.2. The van der Waals surface area contributed by atoms with E-state index in [1.807, 2.05) is 17.5 Å². The van der Waals surface area contributed by atoms with Gasteiger partial charge in [0.15, 0.2) is 0 Å². The topological polar surface area (TPSA) is 25.9 Å². The first-order chi connectivity index (χ1) is 10.2. The Morgan fingerprint density at radius 3 is 2.14 bits per heavy atom. The van der Waals surface area contributed by atoms with Crippen LogP contribution >= 0.6 is 7.29 Å². The molecule has 9 heteroatoms. The van der Waals surface area contributed by atoms with Crippen molar-refractivity contribution in [2.45, 2.75) is 58.9 Å². The molecule has 0 saturated heterocycles. The van der Waals surface area contributed by atoms with E-state index in [9.17, 15) is 21.8 Å². The molecule has 0 fully saturated rings. The molecule has 1 unspecified atom stereocenters. The maximum Gasteiger partial charge on any atom is 0.673 e. The highest BCUT2D eigenvalue weighted by Crippen LogP contribution is 2.56. The lowest BCUT2D eigenvalue weighted by Crippen LogP contribution is -2.41. The Bertz CT molecular complexity index is 513. The van der Waals surface area contributed by atoms with Gasteiger partial charge >= 0.3 is 20.1 Å². The zero-order valence-electron chi connectivity index (χ0n) is 13.2. The number of fused-ring (bicyclic) bond motifs is 1. The minimum atomic E-state index is -6.00. The smallest absolute Gasteiger partial charge is 0.418 e. The van der Waals surface area contributed by atoms with Gasteiger partial charge in [-0.05, 0) is 12.8 Å². The zero-order chi connectivity index (χ0) is 16.8. The van der Waals surface area contributed by atoms with E-state index in [0.29, 0.717) is 0 Å². The fraction of sp³-hybridized carbons (Fsp3) is 0.769. The number of hydrogen-bond donors (Lipinski definition) is 0. The lowest BCUT2D eigenvalue weighted by Gasteiger charge is -1.99. The monoisotopic (exact) mass is 342 g/mol. The average molecular weight is 342 g/mol. The van der Waals surface area contributed by atoms with Gasteiger partial charge in [0.2, 0.25) is 0 Å². The standard InChI is InChI=1S/C13H24N2OP.BF4/c1-3-5-6-7-8-9-10-14-11-12-15-13(14)17(15,16)4-2;2-1(3,4)5/h11-12H,3-10H2,1-2H3;/q+1;-1. The summed E-state index contributed by atoms with van der Waals surface area (Å²) in [5.74, 6) is 0. The van der Waals surface area contributed by atoms with E-state index in [1.165, 1.54) is 38.5 Å². The molecule has 1 aromatic rings. The van der Waals surface area contributed by atoms with Crippen molar-refractivity contribution in [3.63, 3.8) is 0 Å². The van der Waals surface area contributed by atoms with Gasteiger partial charge in [0.05, 0.1) is 6.54 Å². The number of unbranched alkanes of at least 4 members (excludes halogenated alkanes) is 5. The van der Waals surface area contributed by atoms with Gasteiger partial charge in [-0.2, -0.15) is 4.34 Å². The molecule has 2 heterocycles.